The predicted molar refractivity (Wildman–Crippen MR) is 126 cm³/mol. The number of ether oxygens (including phenoxy) is 3. The van der Waals surface area contributed by atoms with E-state index in [4.69, 9.17) is 19.3 Å². The van der Waals surface area contributed by atoms with Crippen LogP contribution in [0.4, 0.5) is 11.4 Å². The molecule has 9 nitrogen and oxygen atoms in total. The van der Waals surface area contributed by atoms with Crippen molar-refractivity contribution in [2.24, 2.45) is 0 Å². The molecule has 0 unspecified atom stereocenters. The third kappa shape index (κ3) is 5.20. The summed E-state index contributed by atoms with van der Waals surface area (Å²) in [5.41, 5.74) is 2.01. The Morgan fingerprint density at radius 3 is 2.65 bits per heavy atom. The van der Waals surface area contributed by atoms with Gasteiger partial charge in [0.25, 0.3) is 5.91 Å². The number of hydrogen-bond donors (Lipinski definition) is 1. The van der Waals surface area contributed by atoms with E-state index in [0.717, 1.165) is 5.69 Å². The monoisotopic (exact) mass is 463 g/mol. The number of carbonyl (C=O) groups excluding carboxylic acids is 1. The molecule has 1 amide bonds. The number of carboxylic acid groups (broad SMARTS) is 1. The number of benzene rings is 2. The molecule has 0 aliphatic carbocycles. The van der Waals surface area contributed by atoms with E-state index in [9.17, 15) is 9.59 Å². The van der Waals surface area contributed by atoms with E-state index < -0.39 is 12.6 Å². The summed E-state index contributed by atoms with van der Waals surface area (Å²) < 4.78 is 16.3. The molecule has 34 heavy (non-hydrogen) atoms. The molecule has 0 fully saturated rings. The lowest BCUT2D eigenvalue weighted by molar-refractivity contribution is -0.139. The predicted octanol–water partition coefficient (Wildman–Crippen LogP) is 3.10. The first-order valence-corrected chi connectivity index (χ1v) is 10.8. The summed E-state index contributed by atoms with van der Waals surface area (Å²) in [7, 11) is 1.54. The molecule has 2 heterocycles. The second-order valence-electron chi connectivity index (χ2n) is 7.50. The summed E-state index contributed by atoms with van der Waals surface area (Å²) in [6, 6.07) is 18.0. The number of aromatic nitrogens is 1. The van der Waals surface area contributed by atoms with Gasteiger partial charge >= 0.3 is 5.97 Å². The van der Waals surface area contributed by atoms with Crippen LogP contribution in [-0.4, -0.2) is 61.9 Å². The maximum absolute atomic E-state index is 13.4. The SMILES string of the molecule is COc1ccc(N(CCN2CCOc3c(OCC(=O)O)cccc32)C(=O)c2ccccc2)cn1. The standard InChI is InChI=1S/C25H25N3O6/c1-32-22-11-10-19(16-26-22)28(25(31)18-6-3-2-4-7-18)13-12-27-14-15-33-24-20(27)8-5-9-21(24)34-17-23(29)30/h2-11,16H,12-15,17H2,1H3,(H,29,30). The maximum atomic E-state index is 13.4. The highest BCUT2D eigenvalue weighted by molar-refractivity contribution is 6.06. The number of carboxylic acids is 1. The fraction of sp³-hybridized carbons (Fsp3) is 0.240. The van der Waals surface area contributed by atoms with Crippen LogP contribution in [0.1, 0.15) is 10.4 Å². The van der Waals surface area contributed by atoms with Crippen molar-refractivity contribution in [1.82, 2.24) is 4.98 Å². The fourth-order valence-electron chi connectivity index (χ4n) is 3.72. The van der Waals surface area contributed by atoms with Crippen LogP contribution in [0.25, 0.3) is 0 Å². The second kappa shape index (κ2) is 10.6. The lowest BCUT2D eigenvalue weighted by Gasteiger charge is -2.34. The van der Waals surface area contributed by atoms with E-state index >= 15 is 0 Å². The first kappa shape index (κ1) is 22.9. The van der Waals surface area contributed by atoms with Crippen molar-refractivity contribution in [2.75, 3.05) is 49.8 Å². The van der Waals surface area contributed by atoms with Crippen LogP contribution in [0.2, 0.25) is 0 Å². The van der Waals surface area contributed by atoms with Gasteiger partial charge in [0.05, 0.1) is 31.2 Å². The van der Waals surface area contributed by atoms with Crippen LogP contribution in [-0.2, 0) is 4.79 Å². The average Bonchev–Trinajstić information content (AvgIpc) is 2.88. The number of fused-ring (bicyclic) bond motifs is 1. The normalized spacial score (nSPS) is 12.3. The Hall–Kier alpha value is -4.27. The van der Waals surface area contributed by atoms with Crippen LogP contribution in [0.3, 0.4) is 0 Å². The highest BCUT2D eigenvalue weighted by atomic mass is 16.5. The number of para-hydroxylation sites is 1. The minimum atomic E-state index is -1.06. The topological polar surface area (TPSA) is 101 Å². The molecule has 0 saturated carbocycles. The molecule has 9 heteroatoms. The van der Waals surface area contributed by atoms with Crippen LogP contribution < -0.4 is 24.0 Å². The van der Waals surface area contributed by atoms with E-state index in [2.05, 4.69) is 9.88 Å². The third-order valence-electron chi connectivity index (χ3n) is 5.36. The first-order chi connectivity index (χ1) is 16.6. The van der Waals surface area contributed by atoms with Crippen molar-refractivity contribution in [3.8, 4) is 17.4 Å². The molecule has 0 bridgehead atoms. The molecule has 1 aromatic heterocycles. The number of anilines is 2. The van der Waals surface area contributed by atoms with E-state index in [1.165, 1.54) is 0 Å². The molecule has 0 atom stereocenters. The fourth-order valence-corrected chi connectivity index (χ4v) is 3.72. The molecule has 0 radical (unpaired) electrons. The van der Waals surface area contributed by atoms with Gasteiger partial charge in [-0.05, 0) is 30.3 Å². The summed E-state index contributed by atoms with van der Waals surface area (Å²) in [5.74, 6) is 0.142. The first-order valence-electron chi connectivity index (χ1n) is 10.8. The highest BCUT2D eigenvalue weighted by Crippen LogP contribution is 2.39. The van der Waals surface area contributed by atoms with Gasteiger partial charge in [-0.25, -0.2) is 9.78 Å². The third-order valence-corrected chi connectivity index (χ3v) is 5.36. The van der Waals surface area contributed by atoms with Gasteiger partial charge in [-0.2, -0.15) is 0 Å². The maximum Gasteiger partial charge on any atom is 0.341 e. The van der Waals surface area contributed by atoms with Crippen molar-refractivity contribution in [2.45, 2.75) is 0 Å². The van der Waals surface area contributed by atoms with Gasteiger partial charge in [0.2, 0.25) is 5.88 Å². The minimum Gasteiger partial charge on any atom is -0.486 e. The molecule has 2 aromatic carbocycles. The molecule has 4 rings (SSSR count). The van der Waals surface area contributed by atoms with Gasteiger partial charge in [0.1, 0.15) is 6.61 Å². The highest BCUT2D eigenvalue weighted by Gasteiger charge is 2.24. The average molecular weight is 463 g/mol. The van der Waals surface area contributed by atoms with Gasteiger partial charge < -0.3 is 29.1 Å². The zero-order valence-electron chi connectivity index (χ0n) is 18.7. The van der Waals surface area contributed by atoms with Crippen molar-refractivity contribution in [1.29, 1.82) is 0 Å². The quantitative estimate of drug-likeness (QED) is 0.517. The molecule has 3 aromatic rings. The molecular weight excluding hydrogens is 438 g/mol. The van der Waals surface area contributed by atoms with E-state index in [-0.39, 0.29) is 5.91 Å². The molecule has 0 saturated heterocycles. The summed E-state index contributed by atoms with van der Waals surface area (Å²) in [6.45, 7) is 1.48. The Bertz CT molecular complexity index is 1140. The number of methoxy groups -OCH3 is 1. The Balaban J connectivity index is 1.57. The van der Waals surface area contributed by atoms with Crippen LogP contribution in [0, 0.1) is 0 Å². The number of amides is 1. The molecule has 1 aliphatic rings. The number of carbonyl (C=O) groups is 2. The lowest BCUT2D eigenvalue weighted by atomic mass is 10.1. The second-order valence-corrected chi connectivity index (χ2v) is 7.50. The van der Waals surface area contributed by atoms with Crippen molar-refractivity contribution < 1.29 is 28.9 Å². The summed E-state index contributed by atoms with van der Waals surface area (Å²) in [4.78, 5) is 32.3. The number of aliphatic carboxylic acids is 1. The molecular formula is C25H25N3O6. The number of pyridine rings is 1. The Kier molecular flexibility index (Phi) is 7.12. The van der Waals surface area contributed by atoms with Gasteiger partial charge in [-0.3, -0.25) is 4.79 Å². The molecule has 1 N–H and O–H groups in total. The minimum absolute atomic E-state index is 0.139. The van der Waals surface area contributed by atoms with Crippen LogP contribution >= 0.6 is 0 Å². The molecule has 0 spiro atoms. The van der Waals surface area contributed by atoms with Gasteiger partial charge in [-0.15, -0.1) is 0 Å². The zero-order valence-corrected chi connectivity index (χ0v) is 18.7. The van der Waals surface area contributed by atoms with E-state index in [1.54, 1.807) is 54.6 Å². The Labute approximate surface area is 197 Å². The largest absolute Gasteiger partial charge is 0.486 e. The molecule has 1 aliphatic heterocycles. The Morgan fingerprint density at radius 1 is 1.12 bits per heavy atom. The van der Waals surface area contributed by atoms with Crippen molar-refractivity contribution >= 4 is 23.3 Å². The van der Waals surface area contributed by atoms with Crippen LogP contribution in [0.15, 0.2) is 66.9 Å². The van der Waals surface area contributed by atoms with E-state index in [1.807, 2.05) is 24.3 Å². The lowest BCUT2D eigenvalue weighted by Crippen LogP contribution is -2.42. The smallest absolute Gasteiger partial charge is 0.341 e. The van der Waals surface area contributed by atoms with Crippen molar-refractivity contribution in [3.63, 3.8) is 0 Å². The van der Waals surface area contributed by atoms with Crippen LogP contribution in [0.5, 0.6) is 17.4 Å². The summed E-state index contributed by atoms with van der Waals surface area (Å²) in [6.07, 6.45) is 1.62. The van der Waals surface area contributed by atoms with Crippen molar-refractivity contribution in [3.05, 3.63) is 72.4 Å². The number of nitrogens with zero attached hydrogens (tertiary/aromatic N) is 3. The molecule has 176 valence electrons. The Morgan fingerprint density at radius 2 is 1.94 bits per heavy atom. The zero-order chi connectivity index (χ0) is 23.9. The number of hydrogen-bond acceptors (Lipinski definition) is 7. The van der Waals surface area contributed by atoms with Gasteiger partial charge in [0, 0.05) is 24.7 Å². The summed E-state index contributed by atoms with van der Waals surface area (Å²) >= 11 is 0. The van der Waals surface area contributed by atoms with Gasteiger partial charge in [-0.1, -0.05) is 24.3 Å². The van der Waals surface area contributed by atoms with Gasteiger partial charge in [0.15, 0.2) is 18.1 Å². The number of rotatable bonds is 9. The summed E-state index contributed by atoms with van der Waals surface area (Å²) in [5, 5.41) is 8.94. The van der Waals surface area contributed by atoms with E-state index in [0.29, 0.717) is 54.9 Å².